The molecule has 5 heteroatoms. The Bertz CT molecular complexity index is 434. The fourth-order valence-electron chi connectivity index (χ4n) is 1.47. The summed E-state index contributed by atoms with van der Waals surface area (Å²) in [6, 6.07) is 1.42. The number of aryl methyl sites for hydroxylation is 1. The van der Waals surface area contributed by atoms with Crippen LogP contribution in [-0.2, 0) is 17.8 Å². The Morgan fingerprint density at radius 2 is 2.00 bits per heavy atom. The lowest BCUT2D eigenvalue weighted by Gasteiger charge is -2.08. The van der Waals surface area contributed by atoms with Crippen LogP contribution < -0.4 is 11.2 Å². The zero-order chi connectivity index (χ0) is 12.0. The number of hydrogen-bond acceptors (Lipinski definition) is 3. The van der Waals surface area contributed by atoms with Gasteiger partial charge in [0, 0.05) is 25.4 Å². The first-order chi connectivity index (χ1) is 7.70. The average molecular weight is 226 g/mol. The van der Waals surface area contributed by atoms with Crippen molar-refractivity contribution < 1.29 is 4.74 Å². The molecule has 0 bridgehead atoms. The number of hydrogen-bond donors (Lipinski definition) is 0. The second kappa shape index (κ2) is 6.27. The topological polar surface area (TPSA) is 53.2 Å². The third-order valence-corrected chi connectivity index (χ3v) is 2.27. The molecule has 0 aliphatic rings. The van der Waals surface area contributed by atoms with Crippen LogP contribution >= 0.6 is 0 Å². The van der Waals surface area contributed by atoms with Crippen molar-refractivity contribution in [1.82, 2.24) is 9.13 Å². The molecule has 1 heterocycles. The molecule has 0 saturated carbocycles. The van der Waals surface area contributed by atoms with Crippen LogP contribution in [0.5, 0.6) is 0 Å². The second-order valence-corrected chi connectivity index (χ2v) is 3.48. The van der Waals surface area contributed by atoms with Gasteiger partial charge in [0.1, 0.15) is 0 Å². The molecule has 0 fully saturated rings. The summed E-state index contributed by atoms with van der Waals surface area (Å²) in [5.74, 6) is 0. The zero-order valence-corrected chi connectivity index (χ0v) is 9.81. The summed E-state index contributed by atoms with van der Waals surface area (Å²) in [5.41, 5.74) is -0.522. The van der Waals surface area contributed by atoms with Gasteiger partial charge >= 0.3 is 5.69 Å². The van der Waals surface area contributed by atoms with Gasteiger partial charge in [-0.1, -0.05) is 6.92 Å². The monoisotopic (exact) mass is 226 g/mol. The number of nitrogens with zero attached hydrogens (tertiary/aromatic N) is 2. The molecule has 0 aromatic carbocycles. The van der Waals surface area contributed by atoms with Crippen molar-refractivity contribution in [3.63, 3.8) is 0 Å². The second-order valence-electron chi connectivity index (χ2n) is 3.48. The van der Waals surface area contributed by atoms with E-state index in [1.54, 1.807) is 10.8 Å². The standard InChI is InChI=1S/C11H18N2O3/c1-3-6-12-7-5-10(14)13(11(12)15)8-9-16-4-2/h5,7H,3-4,6,8-9H2,1-2H3. The van der Waals surface area contributed by atoms with Gasteiger partial charge in [-0.2, -0.15) is 0 Å². The zero-order valence-electron chi connectivity index (χ0n) is 9.81. The van der Waals surface area contributed by atoms with Crippen molar-refractivity contribution in [2.45, 2.75) is 33.4 Å². The third kappa shape index (κ3) is 3.06. The van der Waals surface area contributed by atoms with Crippen LogP contribution in [-0.4, -0.2) is 22.3 Å². The molecule has 0 N–H and O–H groups in total. The Morgan fingerprint density at radius 1 is 1.25 bits per heavy atom. The Morgan fingerprint density at radius 3 is 2.62 bits per heavy atom. The highest BCUT2D eigenvalue weighted by atomic mass is 16.5. The lowest BCUT2D eigenvalue weighted by molar-refractivity contribution is 0.137. The number of aromatic nitrogens is 2. The quantitative estimate of drug-likeness (QED) is 0.662. The van der Waals surface area contributed by atoms with E-state index < -0.39 is 0 Å². The summed E-state index contributed by atoms with van der Waals surface area (Å²) in [7, 11) is 0. The molecule has 0 atom stereocenters. The van der Waals surface area contributed by atoms with Crippen LogP contribution in [0.3, 0.4) is 0 Å². The first-order valence-electron chi connectivity index (χ1n) is 5.58. The van der Waals surface area contributed by atoms with Gasteiger partial charge in [-0.05, 0) is 13.3 Å². The first kappa shape index (κ1) is 12.7. The highest BCUT2D eigenvalue weighted by Crippen LogP contribution is 1.84. The summed E-state index contributed by atoms with van der Waals surface area (Å²) in [4.78, 5) is 23.3. The van der Waals surface area contributed by atoms with Crippen molar-refractivity contribution in [1.29, 1.82) is 0 Å². The van der Waals surface area contributed by atoms with Crippen molar-refractivity contribution in [3.05, 3.63) is 33.1 Å². The predicted octanol–water partition coefficient (Wildman–Crippen LogP) is 0.456. The molecule has 90 valence electrons. The summed E-state index contributed by atoms with van der Waals surface area (Å²) in [6.07, 6.45) is 2.41. The summed E-state index contributed by atoms with van der Waals surface area (Å²) in [6.45, 7) is 5.79. The minimum Gasteiger partial charge on any atom is -0.380 e. The van der Waals surface area contributed by atoms with Crippen LogP contribution in [0.4, 0.5) is 0 Å². The predicted molar refractivity (Wildman–Crippen MR) is 61.7 cm³/mol. The van der Waals surface area contributed by atoms with Gasteiger partial charge in [0.05, 0.1) is 13.2 Å². The maximum Gasteiger partial charge on any atom is 0.331 e. The minimum absolute atomic E-state index is 0.256. The molecule has 16 heavy (non-hydrogen) atoms. The van der Waals surface area contributed by atoms with E-state index in [0.717, 1.165) is 6.42 Å². The SMILES string of the molecule is CCCn1ccc(=O)n(CCOCC)c1=O. The molecule has 0 aliphatic heterocycles. The summed E-state index contributed by atoms with van der Waals surface area (Å²) < 4.78 is 7.90. The number of ether oxygens (including phenoxy) is 1. The lowest BCUT2D eigenvalue weighted by atomic mass is 10.4. The van der Waals surface area contributed by atoms with Crippen LogP contribution in [0.15, 0.2) is 21.9 Å². The summed E-state index contributed by atoms with van der Waals surface area (Å²) >= 11 is 0. The maximum atomic E-state index is 11.8. The Kier molecular flexibility index (Phi) is 4.98. The van der Waals surface area contributed by atoms with Gasteiger partial charge in [-0.15, -0.1) is 0 Å². The van der Waals surface area contributed by atoms with Gasteiger partial charge in [0.2, 0.25) is 0 Å². The Balaban J connectivity index is 2.93. The molecule has 0 aliphatic carbocycles. The molecule has 0 radical (unpaired) electrons. The van der Waals surface area contributed by atoms with Crippen LogP contribution in [0, 0.1) is 0 Å². The molecule has 0 amide bonds. The maximum absolute atomic E-state index is 11.8. The van der Waals surface area contributed by atoms with Gasteiger partial charge in [-0.3, -0.25) is 9.36 Å². The van der Waals surface area contributed by atoms with E-state index in [4.69, 9.17) is 4.74 Å². The minimum atomic E-state index is -0.267. The molecule has 0 unspecified atom stereocenters. The highest BCUT2D eigenvalue weighted by Gasteiger charge is 2.03. The first-order valence-corrected chi connectivity index (χ1v) is 5.58. The third-order valence-electron chi connectivity index (χ3n) is 2.27. The summed E-state index contributed by atoms with van der Waals surface area (Å²) in [5, 5.41) is 0. The fourth-order valence-corrected chi connectivity index (χ4v) is 1.47. The van der Waals surface area contributed by atoms with E-state index in [0.29, 0.717) is 26.3 Å². The van der Waals surface area contributed by atoms with Crippen LogP contribution in [0.1, 0.15) is 20.3 Å². The molecular weight excluding hydrogens is 208 g/mol. The van der Waals surface area contributed by atoms with Crippen LogP contribution in [0.25, 0.3) is 0 Å². The highest BCUT2D eigenvalue weighted by molar-refractivity contribution is 4.86. The average Bonchev–Trinajstić information content (AvgIpc) is 2.27. The van der Waals surface area contributed by atoms with E-state index >= 15 is 0 Å². The lowest BCUT2D eigenvalue weighted by Crippen LogP contribution is -2.39. The van der Waals surface area contributed by atoms with Gasteiger partial charge in [0.15, 0.2) is 0 Å². The van der Waals surface area contributed by atoms with E-state index in [2.05, 4.69) is 0 Å². The van der Waals surface area contributed by atoms with E-state index in [1.807, 2.05) is 13.8 Å². The van der Waals surface area contributed by atoms with Gasteiger partial charge in [-0.25, -0.2) is 4.79 Å². The smallest absolute Gasteiger partial charge is 0.331 e. The van der Waals surface area contributed by atoms with Gasteiger partial charge in [0.25, 0.3) is 5.56 Å². The molecule has 0 spiro atoms. The van der Waals surface area contributed by atoms with E-state index in [1.165, 1.54) is 10.6 Å². The molecule has 1 aromatic heterocycles. The van der Waals surface area contributed by atoms with Gasteiger partial charge < -0.3 is 9.30 Å². The van der Waals surface area contributed by atoms with E-state index in [-0.39, 0.29) is 11.2 Å². The van der Waals surface area contributed by atoms with Crippen LogP contribution in [0.2, 0.25) is 0 Å². The molecule has 5 nitrogen and oxygen atoms in total. The Labute approximate surface area is 94.3 Å². The fraction of sp³-hybridized carbons (Fsp3) is 0.636. The molecule has 0 saturated heterocycles. The molecule has 1 aromatic rings. The Hall–Kier alpha value is -1.36. The van der Waals surface area contributed by atoms with Crippen molar-refractivity contribution in [2.75, 3.05) is 13.2 Å². The van der Waals surface area contributed by atoms with Crippen molar-refractivity contribution in [3.8, 4) is 0 Å². The largest absolute Gasteiger partial charge is 0.380 e. The molecular formula is C11H18N2O3. The number of rotatable bonds is 6. The van der Waals surface area contributed by atoms with E-state index in [9.17, 15) is 9.59 Å². The normalized spacial score (nSPS) is 10.6. The van der Waals surface area contributed by atoms with Crippen molar-refractivity contribution >= 4 is 0 Å². The van der Waals surface area contributed by atoms with Crippen molar-refractivity contribution in [2.24, 2.45) is 0 Å². The molecule has 1 rings (SSSR count).